The molecule has 0 bridgehead atoms. The molecule has 1 heterocycles. The summed E-state index contributed by atoms with van der Waals surface area (Å²) in [6.07, 6.45) is 4.91. The molecule has 2 atom stereocenters. The van der Waals surface area contributed by atoms with E-state index >= 15 is 0 Å². The Kier molecular flexibility index (Phi) is 5.09. The van der Waals surface area contributed by atoms with Crippen molar-refractivity contribution in [2.24, 2.45) is 5.92 Å². The molecule has 1 saturated heterocycles. The maximum absolute atomic E-state index is 10.8. The molecule has 0 unspecified atom stereocenters. The fourth-order valence-corrected chi connectivity index (χ4v) is 2.82. The van der Waals surface area contributed by atoms with Gasteiger partial charge in [0.05, 0.1) is 0 Å². The van der Waals surface area contributed by atoms with E-state index in [-0.39, 0.29) is 0 Å². The van der Waals surface area contributed by atoms with Crippen LogP contribution < -0.4 is 0 Å². The third-order valence-corrected chi connectivity index (χ3v) is 3.54. The number of hydrogen-bond donors (Lipinski definition) is 1. The van der Waals surface area contributed by atoms with Crippen LogP contribution in [0.1, 0.15) is 46.0 Å². The van der Waals surface area contributed by atoms with Gasteiger partial charge in [-0.05, 0) is 38.3 Å². The molecule has 0 saturated carbocycles. The third-order valence-electron chi connectivity index (χ3n) is 3.54. The van der Waals surface area contributed by atoms with Crippen molar-refractivity contribution in [2.45, 2.75) is 52.0 Å². The summed E-state index contributed by atoms with van der Waals surface area (Å²) in [6, 6.07) is 0.480. The maximum atomic E-state index is 10.8. The lowest BCUT2D eigenvalue weighted by atomic mass is 9.90. The number of aliphatic carboxylic acids is 1. The average molecular weight is 213 g/mol. The largest absolute Gasteiger partial charge is 0.481 e. The zero-order chi connectivity index (χ0) is 11.3. The van der Waals surface area contributed by atoms with E-state index in [1.165, 1.54) is 12.8 Å². The van der Waals surface area contributed by atoms with Crippen LogP contribution in [-0.4, -0.2) is 35.1 Å². The van der Waals surface area contributed by atoms with Crippen molar-refractivity contribution in [2.75, 3.05) is 13.1 Å². The Morgan fingerprint density at radius 3 is 2.67 bits per heavy atom. The highest BCUT2D eigenvalue weighted by Crippen LogP contribution is 2.27. The topological polar surface area (TPSA) is 40.5 Å². The van der Waals surface area contributed by atoms with Gasteiger partial charge >= 0.3 is 5.97 Å². The molecule has 0 aromatic heterocycles. The summed E-state index contributed by atoms with van der Waals surface area (Å²) < 4.78 is 0. The van der Waals surface area contributed by atoms with Crippen LogP contribution in [0.5, 0.6) is 0 Å². The molecule has 1 aliphatic heterocycles. The predicted molar refractivity (Wildman–Crippen MR) is 60.9 cm³/mol. The average Bonchev–Trinajstić information content (AvgIpc) is 2.38. The highest BCUT2D eigenvalue weighted by molar-refractivity contribution is 5.67. The van der Waals surface area contributed by atoms with Crippen LogP contribution >= 0.6 is 0 Å². The molecule has 1 rings (SSSR count). The first kappa shape index (κ1) is 12.5. The van der Waals surface area contributed by atoms with Crippen LogP contribution in [0.25, 0.3) is 0 Å². The van der Waals surface area contributed by atoms with Crippen LogP contribution in [0, 0.1) is 5.92 Å². The molecule has 1 fully saturated rings. The van der Waals surface area contributed by atoms with E-state index in [4.69, 9.17) is 5.11 Å². The SMILES string of the molecule is CC[C@@H]1[C@@H](CC(=O)O)CCCCN1CC. The minimum absolute atomic E-state index is 0.342. The Morgan fingerprint density at radius 2 is 2.13 bits per heavy atom. The molecule has 0 spiro atoms. The molecule has 1 aliphatic rings. The number of carboxylic acids is 1. The Labute approximate surface area is 92.5 Å². The van der Waals surface area contributed by atoms with Gasteiger partial charge in [-0.1, -0.05) is 20.3 Å². The number of carbonyl (C=O) groups is 1. The summed E-state index contributed by atoms with van der Waals surface area (Å²) in [5, 5.41) is 8.91. The van der Waals surface area contributed by atoms with Gasteiger partial charge in [0.25, 0.3) is 0 Å². The Balaban J connectivity index is 2.67. The lowest BCUT2D eigenvalue weighted by Gasteiger charge is -2.33. The molecule has 15 heavy (non-hydrogen) atoms. The molecule has 0 aromatic carbocycles. The standard InChI is InChI=1S/C12H23NO2/c1-3-11-10(9-12(14)15)7-5-6-8-13(11)4-2/h10-11H,3-9H2,1-2H3,(H,14,15)/t10-,11-/m1/s1. The zero-order valence-corrected chi connectivity index (χ0v) is 9.91. The summed E-state index contributed by atoms with van der Waals surface area (Å²) in [4.78, 5) is 13.3. The van der Waals surface area contributed by atoms with Gasteiger partial charge in [0, 0.05) is 12.5 Å². The zero-order valence-electron chi connectivity index (χ0n) is 9.91. The Hall–Kier alpha value is -0.570. The van der Waals surface area contributed by atoms with Crippen LogP contribution in [0.3, 0.4) is 0 Å². The van der Waals surface area contributed by atoms with Crippen molar-refractivity contribution < 1.29 is 9.90 Å². The van der Waals surface area contributed by atoms with Crippen molar-refractivity contribution in [1.82, 2.24) is 4.90 Å². The minimum atomic E-state index is -0.642. The molecular weight excluding hydrogens is 190 g/mol. The van der Waals surface area contributed by atoms with Gasteiger partial charge < -0.3 is 10.0 Å². The van der Waals surface area contributed by atoms with Gasteiger partial charge in [-0.25, -0.2) is 0 Å². The lowest BCUT2D eigenvalue weighted by Crippen LogP contribution is -2.39. The second kappa shape index (κ2) is 6.11. The molecule has 0 aromatic rings. The van der Waals surface area contributed by atoms with Crippen LogP contribution in [0.15, 0.2) is 0 Å². The molecule has 3 nitrogen and oxygen atoms in total. The first-order chi connectivity index (χ1) is 7.19. The van der Waals surface area contributed by atoms with Crippen molar-refractivity contribution >= 4 is 5.97 Å². The van der Waals surface area contributed by atoms with Gasteiger partial charge in [-0.2, -0.15) is 0 Å². The lowest BCUT2D eigenvalue weighted by molar-refractivity contribution is -0.138. The third kappa shape index (κ3) is 3.49. The van der Waals surface area contributed by atoms with E-state index in [0.29, 0.717) is 18.4 Å². The monoisotopic (exact) mass is 213 g/mol. The van der Waals surface area contributed by atoms with Crippen LogP contribution in [0.4, 0.5) is 0 Å². The fraction of sp³-hybridized carbons (Fsp3) is 0.917. The van der Waals surface area contributed by atoms with E-state index in [9.17, 15) is 4.79 Å². The van der Waals surface area contributed by atoms with E-state index in [1.54, 1.807) is 0 Å². The summed E-state index contributed by atoms with van der Waals surface area (Å²) in [5.41, 5.74) is 0. The quantitative estimate of drug-likeness (QED) is 0.779. The molecule has 88 valence electrons. The van der Waals surface area contributed by atoms with Crippen LogP contribution in [-0.2, 0) is 4.79 Å². The van der Waals surface area contributed by atoms with Gasteiger partial charge in [0.15, 0.2) is 0 Å². The van der Waals surface area contributed by atoms with E-state index in [0.717, 1.165) is 25.9 Å². The van der Waals surface area contributed by atoms with E-state index in [1.807, 2.05) is 0 Å². The first-order valence-electron chi connectivity index (χ1n) is 6.14. The van der Waals surface area contributed by atoms with Gasteiger partial charge in [0.1, 0.15) is 0 Å². The summed E-state index contributed by atoms with van der Waals surface area (Å²) in [5.74, 6) is -0.286. The normalized spacial score (nSPS) is 28.7. The second-order valence-corrected chi connectivity index (χ2v) is 4.46. The van der Waals surface area contributed by atoms with Crippen molar-refractivity contribution in [3.05, 3.63) is 0 Å². The highest BCUT2D eigenvalue weighted by atomic mass is 16.4. The van der Waals surface area contributed by atoms with E-state index in [2.05, 4.69) is 18.7 Å². The fourth-order valence-electron chi connectivity index (χ4n) is 2.82. The smallest absolute Gasteiger partial charge is 0.303 e. The summed E-state index contributed by atoms with van der Waals surface area (Å²) in [7, 11) is 0. The highest BCUT2D eigenvalue weighted by Gasteiger charge is 2.28. The Morgan fingerprint density at radius 1 is 1.40 bits per heavy atom. The van der Waals surface area contributed by atoms with Crippen molar-refractivity contribution in [3.63, 3.8) is 0 Å². The molecule has 0 amide bonds. The predicted octanol–water partition coefficient (Wildman–Crippen LogP) is 2.36. The number of carboxylic acid groups (broad SMARTS) is 1. The number of rotatable bonds is 4. The van der Waals surface area contributed by atoms with Gasteiger partial charge in [0.2, 0.25) is 0 Å². The molecule has 3 heteroatoms. The van der Waals surface area contributed by atoms with Crippen LogP contribution in [0.2, 0.25) is 0 Å². The van der Waals surface area contributed by atoms with E-state index < -0.39 is 5.97 Å². The second-order valence-electron chi connectivity index (χ2n) is 4.46. The number of hydrogen-bond acceptors (Lipinski definition) is 2. The minimum Gasteiger partial charge on any atom is -0.481 e. The first-order valence-corrected chi connectivity index (χ1v) is 6.14. The Bertz CT molecular complexity index is 206. The molecule has 0 radical (unpaired) electrons. The van der Waals surface area contributed by atoms with Crippen molar-refractivity contribution in [3.8, 4) is 0 Å². The molecule has 0 aliphatic carbocycles. The van der Waals surface area contributed by atoms with Gasteiger partial charge in [-0.15, -0.1) is 0 Å². The number of likely N-dealkylation sites (tertiary alicyclic amines) is 1. The summed E-state index contributed by atoms with van der Waals surface area (Å²) in [6.45, 7) is 6.54. The maximum Gasteiger partial charge on any atom is 0.303 e. The number of nitrogens with zero attached hydrogens (tertiary/aromatic N) is 1. The molecular formula is C12H23NO2. The van der Waals surface area contributed by atoms with Crippen molar-refractivity contribution in [1.29, 1.82) is 0 Å². The summed E-state index contributed by atoms with van der Waals surface area (Å²) >= 11 is 0. The molecule has 1 N–H and O–H groups in total. The van der Waals surface area contributed by atoms with Gasteiger partial charge in [-0.3, -0.25) is 4.79 Å².